The molecule has 6 heteroatoms. The second-order valence-electron chi connectivity index (χ2n) is 11.3. The van der Waals surface area contributed by atoms with Crippen molar-refractivity contribution in [3.05, 3.63) is 23.3 Å². The zero-order valence-electron chi connectivity index (χ0n) is 20.3. The first-order valence-electron chi connectivity index (χ1n) is 12.0. The Kier molecular flexibility index (Phi) is 10.1. The molecular formula is C25H40Br2S2Sn2. The van der Waals surface area contributed by atoms with Crippen LogP contribution in [0.4, 0.5) is 0 Å². The van der Waals surface area contributed by atoms with Crippen LogP contribution in [-0.2, 0) is 5.41 Å². The Bertz CT molecular complexity index is 799. The van der Waals surface area contributed by atoms with Crippen molar-refractivity contribution in [2.24, 2.45) is 0 Å². The van der Waals surface area contributed by atoms with Gasteiger partial charge in [-0.25, -0.2) is 0 Å². The molecule has 0 radical (unpaired) electrons. The molecule has 0 fully saturated rings. The third-order valence-corrected chi connectivity index (χ3v) is 29.1. The summed E-state index contributed by atoms with van der Waals surface area (Å²) in [5.41, 5.74) is 3.78. The van der Waals surface area contributed by atoms with E-state index in [1.54, 1.807) is 26.7 Å². The van der Waals surface area contributed by atoms with Crippen molar-refractivity contribution >= 4 is 97.1 Å². The average Bonchev–Trinajstić information content (AvgIpc) is 3.35. The van der Waals surface area contributed by atoms with Crippen LogP contribution in [0.3, 0.4) is 0 Å². The Balaban J connectivity index is 2.10. The number of halogens is 2. The van der Waals surface area contributed by atoms with E-state index in [-0.39, 0.29) is 0 Å². The number of unbranched alkanes of at least 4 members (excludes halogenated alkanes) is 4. The third kappa shape index (κ3) is 6.21. The van der Waals surface area contributed by atoms with Crippen LogP contribution >= 0.6 is 54.5 Å². The van der Waals surface area contributed by atoms with E-state index in [1.165, 1.54) is 51.4 Å². The Hall–Kier alpha value is 1.96. The molecule has 0 nitrogen and oxygen atoms in total. The fraction of sp³-hybridized carbons (Fsp3) is 0.680. The first-order valence-corrected chi connectivity index (χ1v) is 35.8. The Morgan fingerprint density at radius 2 is 1.03 bits per heavy atom. The van der Waals surface area contributed by atoms with E-state index in [9.17, 15) is 0 Å². The van der Waals surface area contributed by atoms with Gasteiger partial charge >= 0.3 is 227 Å². The van der Waals surface area contributed by atoms with Crippen LogP contribution in [0.1, 0.15) is 62.5 Å². The van der Waals surface area contributed by atoms with Crippen molar-refractivity contribution in [2.45, 2.75) is 86.4 Å². The molecule has 2 heterocycles. The zero-order chi connectivity index (χ0) is 22.9. The SMILES string of the molecule is [CH3][Sn]([CH3])([CH3])[c]1cc2c(s1)-c1s[c]([Sn]([CH3])([CH3])[CH3])cc1C2(CCCCCBr)CCCCCBr. The van der Waals surface area contributed by atoms with Crippen molar-refractivity contribution in [1.29, 1.82) is 0 Å². The normalized spacial score (nSPS) is 15.4. The molecule has 2 aromatic heterocycles. The summed E-state index contributed by atoms with van der Waals surface area (Å²) in [6.07, 6.45) is 10.7. The number of rotatable bonds is 12. The van der Waals surface area contributed by atoms with Crippen molar-refractivity contribution in [3.63, 3.8) is 0 Å². The van der Waals surface area contributed by atoms with Gasteiger partial charge < -0.3 is 0 Å². The van der Waals surface area contributed by atoms with Gasteiger partial charge in [0.25, 0.3) is 0 Å². The summed E-state index contributed by atoms with van der Waals surface area (Å²) in [6.45, 7) is 0. The van der Waals surface area contributed by atoms with Crippen LogP contribution in [0.15, 0.2) is 12.1 Å². The number of thiophene rings is 2. The minimum atomic E-state index is -2.09. The molecule has 2 aromatic rings. The molecular weight excluding hydrogens is 762 g/mol. The van der Waals surface area contributed by atoms with Crippen LogP contribution in [-0.4, -0.2) is 47.4 Å². The van der Waals surface area contributed by atoms with E-state index < -0.39 is 36.8 Å². The van der Waals surface area contributed by atoms with E-state index in [1.807, 2.05) is 0 Å². The summed E-state index contributed by atoms with van der Waals surface area (Å²) in [5.74, 6) is 0. The number of fused-ring (bicyclic) bond motifs is 3. The van der Waals surface area contributed by atoms with Gasteiger partial charge in [-0.1, -0.05) is 0 Å². The van der Waals surface area contributed by atoms with Gasteiger partial charge in [0, 0.05) is 0 Å². The monoisotopic (exact) mass is 802 g/mol. The molecule has 0 bridgehead atoms. The quantitative estimate of drug-likeness (QED) is 0.114. The van der Waals surface area contributed by atoms with Crippen LogP contribution in [0.5, 0.6) is 0 Å². The molecule has 0 spiro atoms. The molecule has 0 atom stereocenters. The molecule has 31 heavy (non-hydrogen) atoms. The summed E-state index contributed by atoms with van der Waals surface area (Å²) in [4.78, 5) is 18.9. The van der Waals surface area contributed by atoms with Gasteiger partial charge in [-0.2, -0.15) is 0 Å². The van der Waals surface area contributed by atoms with Crippen LogP contribution < -0.4 is 5.79 Å². The maximum absolute atomic E-state index is 3.65. The number of alkyl halides is 2. The number of hydrogen-bond acceptors (Lipinski definition) is 2. The standard InChI is InChI=1S/C19H22Br2S2.6CH3.2Sn/c20-11-5-1-3-9-19(10-4-2-6-12-21)15-7-13-22-17(15)18-16(19)8-14-23-18;;;;;;;;/h7-8H,1-6,9-12H2;6*1H3;;. The summed E-state index contributed by atoms with van der Waals surface area (Å²) in [6, 6.07) is 5.44. The van der Waals surface area contributed by atoms with Crippen molar-refractivity contribution < 1.29 is 0 Å². The molecule has 0 amide bonds. The van der Waals surface area contributed by atoms with Crippen molar-refractivity contribution in [1.82, 2.24) is 0 Å². The van der Waals surface area contributed by atoms with Gasteiger partial charge in [-0.3, -0.25) is 0 Å². The summed E-state index contributed by atoms with van der Waals surface area (Å²) >= 11 is 7.51. The minimum absolute atomic E-state index is 0.293. The fourth-order valence-corrected chi connectivity index (χ4v) is 18.6. The summed E-state index contributed by atoms with van der Waals surface area (Å²) in [7, 11) is 0. The zero-order valence-corrected chi connectivity index (χ0v) is 30.8. The van der Waals surface area contributed by atoms with E-state index >= 15 is 0 Å². The fourth-order valence-electron chi connectivity index (χ4n) is 4.77. The van der Waals surface area contributed by atoms with Crippen molar-refractivity contribution in [3.8, 4) is 9.75 Å². The first-order chi connectivity index (χ1) is 14.5. The van der Waals surface area contributed by atoms with Crippen LogP contribution in [0.25, 0.3) is 9.75 Å². The third-order valence-electron chi connectivity index (χ3n) is 6.65. The summed E-state index contributed by atoms with van der Waals surface area (Å²) in [5, 5.41) is 2.29. The van der Waals surface area contributed by atoms with Crippen LogP contribution in [0.2, 0.25) is 29.6 Å². The topological polar surface area (TPSA) is 0 Å². The first kappa shape index (κ1) is 27.5. The van der Waals surface area contributed by atoms with Crippen molar-refractivity contribution in [2.75, 3.05) is 10.7 Å². The maximum atomic E-state index is 3.65. The summed E-state index contributed by atoms with van der Waals surface area (Å²) < 4.78 is 3.56. The second kappa shape index (κ2) is 11.3. The van der Waals surface area contributed by atoms with Gasteiger partial charge in [-0.05, 0) is 0 Å². The Labute approximate surface area is 224 Å². The molecule has 0 aliphatic heterocycles. The van der Waals surface area contributed by atoms with Gasteiger partial charge in [0.2, 0.25) is 0 Å². The molecule has 174 valence electrons. The Morgan fingerprint density at radius 1 is 0.645 bits per heavy atom. The van der Waals surface area contributed by atoms with E-state index in [0.717, 1.165) is 10.7 Å². The molecule has 0 aromatic carbocycles. The molecule has 0 saturated carbocycles. The molecule has 0 unspecified atom stereocenters. The molecule has 3 rings (SSSR count). The van der Waals surface area contributed by atoms with Gasteiger partial charge in [0.05, 0.1) is 0 Å². The van der Waals surface area contributed by atoms with Gasteiger partial charge in [0.1, 0.15) is 0 Å². The predicted molar refractivity (Wildman–Crippen MR) is 159 cm³/mol. The molecule has 0 N–H and O–H groups in total. The van der Waals surface area contributed by atoms with Crippen LogP contribution in [0, 0.1) is 0 Å². The van der Waals surface area contributed by atoms with E-state index in [4.69, 9.17) is 0 Å². The number of hydrogen-bond donors (Lipinski definition) is 0. The molecule has 1 aliphatic carbocycles. The van der Waals surface area contributed by atoms with Gasteiger partial charge in [-0.15, -0.1) is 0 Å². The van der Waals surface area contributed by atoms with Gasteiger partial charge in [0.15, 0.2) is 0 Å². The van der Waals surface area contributed by atoms with E-state index in [2.05, 4.69) is 96.3 Å². The van der Waals surface area contributed by atoms with E-state index in [0.29, 0.717) is 5.41 Å². The second-order valence-corrected chi connectivity index (χ2v) is 45.8. The Morgan fingerprint density at radius 3 is 1.35 bits per heavy atom. The average molecular weight is 802 g/mol. The predicted octanol–water partition coefficient (Wildman–Crippen LogP) is 9.08. The molecule has 0 saturated heterocycles. The molecule has 1 aliphatic rings.